The van der Waals surface area contributed by atoms with Gasteiger partial charge < -0.3 is 0 Å². The van der Waals surface area contributed by atoms with Crippen LogP contribution in [-0.4, -0.2) is 32.7 Å². The van der Waals surface area contributed by atoms with Crippen LogP contribution in [0, 0.1) is 0 Å². The SMILES string of the molecule is O=C(CBr)c1ncccc1Cl.O=C(CCl)c1ncccc1Cl. The third-order valence-corrected chi connectivity index (χ3v) is 3.65. The molecule has 0 bridgehead atoms. The Bertz CT molecular complexity index is 611. The molecule has 0 atom stereocenters. The molecule has 0 spiro atoms. The van der Waals surface area contributed by atoms with Gasteiger partial charge >= 0.3 is 0 Å². The van der Waals surface area contributed by atoms with Crippen molar-refractivity contribution in [3.8, 4) is 0 Å². The van der Waals surface area contributed by atoms with Gasteiger partial charge in [0.25, 0.3) is 0 Å². The molecule has 0 aliphatic carbocycles. The Kier molecular flexibility index (Phi) is 8.56. The number of pyridine rings is 2. The quantitative estimate of drug-likeness (QED) is 0.537. The first-order valence-electron chi connectivity index (χ1n) is 5.90. The van der Waals surface area contributed by atoms with Crippen molar-refractivity contribution in [1.29, 1.82) is 0 Å². The van der Waals surface area contributed by atoms with Gasteiger partial charge in [0, 0.05) is 12.4 Å². The van der Waals surface area contributed by atoms with Crippen LogP contribution in [0.4, 0.5) is 0 Å². The first-order chi connectivity index (χ1) is 10.5. The van der Waals surface area contributed by atoms with Gasteiger partial charge in [0.2, 0.25) is 0 Å². The van der Waals surface area contributed by atoms with E-state index in [0.29, 0.717) is 15.7 Å². The standard InChI is InChI=1S/C7H5BrClNO.C7H5Cl2NO/c2*8-4-6(11)7-5(9)2-1-3-10-7/h2*1-3H,4H2. The summed E-state index contributed by atoms with van der Waals surface area (Å²) in [7, 11) is 0. The highest BCUT2D eigenvalue weighted by atomic mass is 79.9. The molecule has 116 valence electrons. The molecule has 22 heavy (non-hydrogen) atoms. The molecule has 0 amide bonds. The van der Waals surface area contributed by atoms with E-state index in [9.17, 15) is 9.59 Å². The van der Waals surface area contributed by atoms with Gasteiger partial charge in [0.05, 0.1) is 21.3 Å². The summed E-state index contributed by atoms with van der Waals surface area (Å²) < 4.78 is 0. The van der Waals surface area contributed by atoms with Crippen LogP contribution in [-0.2, 0) is 0 Å². The van der Waals surface area contributed by atoms with E-state index in [2.05, 4.69) is 25.9 Å². The number of nitrogens with zero attached hydrogens (tertiary/aromatic N) is 2. The van der Waals surface area contributed by atoms with Crippen LogP contribution in [0.15, 0.2) is 36.7 Å². The molecule has 8 heteroatoms. The van der Waals surface area contributed by atoms with Crippen molar-refractivity contribution < 1.29 is 9.59 Å². The molecule has 0 aromatic carbocycles. The van der Waals surface area contributed by atoms with Crippen LogP contribution in [0.2, 0.25) is 10.0 Å². The molecule has 4 nitrogen and oxygen atoms in total. The van der Waals surface area contributed by atoms with Crippen molar-refractivity contribution in [2.45, 2.75) is 0 Å². The van der Waals surface area contributed by atoms with E-state index in [0.717, 1.165) is 0 Å². The van der Waals surface area contributed by atoms with Crippen molar-refractivity contribution in [1.82, 2.24) is 9.97 Å². The molecule has 2 aromatic heterocycles. The lowest BCUT2D eigenvalue weighted by molar-refractivity contribution is 0.101. The molecule has 0 N–H and O–H groups in total. The Morgan fingerprint density at radius 2 is 1.41 bits per heavy atom. The number of carbonyl (C=O) groups excluding carboxylic acids is 2. The molecule has 0 radical (unpaired) electrons. The summed E-state index contributed by atoms with van der Waals surface area (Å²) in [6.07, 6.45) is 3.05. The summed E-state index contributed by atoms with van der Waals surface area (Å²) in [6.45, 7) is 0. The lowest BCUT2D eigenvalue weighted by atomic mass is 10.3. The normalized spacial score (nSPS) is 9.64. The second-order valence-corrected chi connectivity index (χ2v) is 5.42. The Morgan fingerprint density at radius 3 is 1.77 bits per heavy atom. The largest absolute Gasteiger partial charge is 0.291 e. The molecule has 2 heterocycles. The number of carbonyl (C=O) groups is 2. The van der Waals surface area contributed by atoms with Gasteiger partial charge in [-0.15, -0.1) is 11.6 Å². The van der Waals surface area contributed by atoms with Crippen LogP contribution in [0.5, 0.6) is 0 Å². The van der Waals surface area contributed by atoms with Crippen LogP contribution < -0.4 is 0 Å². The smallest absolute Gasteiger partial charge is 0.197 e. The molecule has 0 aliphatic rings. The summed E-state index contributed by atoms with van der Waals surface area (Å²) in [5, 5.41) is 0.999. The van der Waals surface area contributed by atoms with Gasteiger partial charge in [-0.25, -0.2) is 0 Å². The fourth-order valence-corrected chi connectivity index (χ4v) is 2.15. The maximum absolute atomic E-state index is 11.0. The van der Waals surface area contributed by atoms with E-state index in [-0.39, 0.29) is 28.5 Å². The van der Waals surface area contributed by atoms with Crippen LogP contribution in [0.3, 0.4) is 0 Å². The molecule has 0 saturated heterocycles. The fourth-order valence-electron chi connectivity index (χ4n) is 1.31. The zero-order valence-corrected chi connectivity index (χ0v) is 15.0. The number of alkyl halides is 2. The minimum atomic E-state index is -0.253. The molecule has 0 fully saturated rings. The van der Waals surface area contributed by atoms with Crippen molar-refractivity contribution in [3.05, 3.63) is 58.1 Å². The summed E-state index contributed by atoms with van der Waals surface area (Å²) in [5.74, 6) is -0.440. The molecule has 0 saturated carbocycles. The van der Waals surface area contributed by atoms with E-state index in [1.54, 1.807) is 30.5 Å². The van der Waals surface area contributed by atoms with Gasteiger partial charge in [0.15, 0.2) is 11.6 Å². The minimum absolute atomic E-state index is 0.0866. The monoisotopic (exact) mass is 422 g/mol. The third kappa shape index (κ3) is 5.65. The zero-order valence-electron chi connectivity index (χ0n) is 11.1. The number of hydrogen-bond donors (Lipinski definition) is 0. The second kappa shape index (κ2) is 9.90. The van der Waals surface area contributed by atoms with Crippen molar-refractivity contribution in [2.24, 2.45) is 0 Å². The summed E-state index contributed by atoms with van der Waals surface area (Å²) in [5.41, 5.74) is 0.565. The molecule has 2 rings (SSSR count). The molecule has 0 unspecified atom stereocenters. The van der Waals surface area contributed by atoms with E-state index in [1.165, 1.54) is 6.20 Å². The van der Waals surface area contributed by atoms with E-state index >= 15 is 0 Å². The van der Waals surface area contributed by atoms with Gasteiger partial charge in [-0.2, -0.15) is 0 Å². The number of halogens is 4. The summed E-state index contributed by atoms with van der Waals surface area (Å²) in [4.78, 5) is 29.6. The zero-order chi connectivity index (χ0) is 16.5. The molecular formula is C14H10BrCl3N2O2. The highest BCUT2D eigenvalue weighted by Crippen LogP contribution is 2.13. The van der Waals surface area contributed by atoms with Crippen molar-refractivity contribution in [2.75, 3.05) is 11.2 Å². The Morgan fingerprint density at radius 1 is 0.955 bits per heavy atom. The van der Waals surface area contributed by atoms with Crippen LogP contribution >= 0.6 is 50.7 Å². The predicted molar refractivity (Wildman–Crippen MR) is 91.7 cm³/mol. The number of aromatic nitrogens is 2. The maximum Gasteiger partial charge on any atom is 0.197 e. The number of hydrogen-bond acceptors (Lipinski definition) is 4. The van der Waals surface area contributed by atoms with E-state index < -0.39 is 0 Å². The fraction of sp³-hybridized carbons (Fsp3) is 0.143. The maximum atomic E-state index is 11.0. The van der Waals surface area contributed by atoms with Gasteiger partial charge in [-0.1, -0.05) is 39.1 Å². The van der Waals surface area contributed by atoms with Gasteiger partial charge in [-0.3, -0.25) is 19.6 Å². The Balaban J connectivity index is 0.000000220. The van der Waals surface area contributed by atoms with Gasteiger partial charge in [0.1, 0.15) is 11.4 Å². The van der Waals surface area contributed by atoms with Crippen molar-refractivity contribution >= 4 is 62.3 Å². The summed E-state index contributed by atoms with van der Waals surface area (Å²) in [6, 6.07) is 6.60. The lowest BCUT2D eigenvalue weighted by Gasteiger charge is -1.96. The topological polar surface area (TPSA) is 59.9 Å². The third-order valence-electron chi connectivity index (χ3n) is 2.29. The van der Waals surface area contributed by atoms with Crippen LogP contribution in [0.1, 0.15) is 21.0 Å². The van der Waals surface area contributed by atoms with E-state index in [4.69, 9.17) is 34.8 Å². The van der Waals surface area contributed by atoms with E-state index in [1.807, 2.05) is 0 Å². The summed E-state index contributed by atoms with van der Waals surface area (Å²) >= 11 is 19.7. The first kappa shape index (κ1) is 19.0. The first-order valence-corrected chi connectivity index (χ1v) is 8.31. The lowest BCUT2D eigenvalue weighted by Crippen LogP contribution is -2.03. The Labute approximate surface area is 150 Å². The minimum Gasteiger partial charge on any atom is -0.291 e. The highest BCUT2D eigenvalue weighted by Gasteiger charge is 2.09. The average Bonchev–Trinajstić information content (AvgIpc) is 2.55. The van der Waals surface area contributed by atoms with Crippen molar-refractivity contribution in [3.63, 3.8) is 0 Å². The average molecular weight is 425 g/mol. The highest BCUT2D eigenvalue weighted by molar-refractivity contribution is 9.09. The number of ketones is 2. The molecule has 0 aliphatic heterocycles. The van der Waals surface area contributed by atoms with Crippen LogP contribution in [0.25, 0.3) is 0 Å². The van der Waals surface area contributed by atoms with Gasteiger partial charge in [-0.05, 0) is 24.3 Å². The number of rotatable bonds is 4. The number of Topliss-reactive ketones (excluding diaryl/α,β-unsaturated/α-hetero) is 2. The molecular weight excluding hydrogens is 414 g/mol. The Hall–Kier alpha value is -1.01. The second-order valence-electron chi connectivity index (χ2n) is 3.78. The predicted octanol–water partition coefficient (Wildman–Crippen LogP) is 4.47. The molecule has 2 aromatic rings.